The Balaban J connectivity index is 0.00000225. The standard InChI is InChI=1S/C21H27N2O.ClH/c1-14-15(2)17(4)19(18(5)16(14)3)12-23-13-22(10-11-24)20-8-6-7-9-21(20)23;/h6-9,13,24H,10-12H2,1-5H3;1H/q+1;/p-1. The molecule has 0 radical (unpaired) electrons. The van der Waals surface area contributed by atoms with Crippen molar-refractivity contribution in [2.75, 3.05) is 6.61 Å². The number of halogens is 1. The van der Waals surface area contributed by atoms with Crippen LogP contribution in [0.1, 0.15) is 33.4 Å². The van der Waals surface area contributed by atoms with Gasteiger partial charge in [-0.15, -0.1) is 0 Å². The van der Waals surface area contributed by atoms with Crippen molar-refractivity contribution in [3.05, 3.63) is 64.0 Å². The van der Waals surface area contributed by atoms with Crippen LogP contribution in [-0.2, 0) is 13.1 Å². The molecule has 1 heterocycles. The first-order chi connectivity index (χ1) is 11.5. The molecule has 3 rings (SSSR count). The molecular weight excluding hydrogens is 332 g/mol. The van der Waals surface area contributed by atoms with Crippen molar-refractivity contribution in [3.8, 4) is 0 Å². The molecular formula is C21H27ClN2O. The van der Waals surface area contributed by atoms with Gasteiger partial charge in [-0.1, -0.05) is 12.1 Å². The van der Waals surface area contributed by atoms with Crippen LogP contribution in [0.5, 0.6) is 0 Å². The molecule has 3 nitrogen and oxygen atoms in total. The maximum Gasteiger partial charge on any atom is 0.245 e. The zero-order valence-corrected chi connectivity index (χ0v) is 16.5. The SMILES string of the molecule is Cc1c(C)c(C)c(C[n+]2cn(CCO)c3ccccc32)c(C)c1C.[Cl-]. The summed E-state index contributed by atoms with van der Waals surface area (Å²) in [6.45, 7) is 12.8. The number of para-hydroxylation sites is 2. The number of aliphatic hydroxyl groups is 1. The van der Waals surface area contributed by atoms with Gasteiger partial charge in [-0.25, -0.2) is 9.13 Å². The summed E-state index contributed by atoms with van der Waals surface area (Å²) in [5, 5.41) is 9.34. The highest BCUT2D eigenvalue weighted by Crippen LogP contribution is 2.26. The lowest BCUT2D eigenvalue weighted by molar-refractivity contribution is -0.663. The van der Waals surface area contributed by atoms with E-state index in [2.05, 4.69) is 74.3 Å². The van der Waals surface area contributed by atoms with E-state index < -0.39 is 0 Å². The Morgan fingerprint density at radius 2 is 1.44 bits per heavy atom. The summed E-state index contributed by atoms with van der Waals surface area (Å²) >= 11 is 0. The van der Waals surface area contributed by atoms with Gasteiger partial charge in [0.1, 0.15) is 13.1 Å². The van der Waals surface area contributed by atoms with Crippen LogP contribution < -0.4 is 17.0 Å². The molecule has 0 atom stereocenters. The molecule has 0 fully saturated rings. The predicted molar refractivity (Wildman–Crippen MR) is 98.4 cm³/mol. The Hall–Kier alpha value is -1.84. The number of aromatic nitrogens is 2. The summed E-state index contributed by atoms with van der Waals surface area (Å²) in [5.41, 5.74) is 10.8. The lowest BCUT2D eigenvalue weighted by Crippen LogP contribution is -3.00. The van der Waals surface area contributed by atoms with Crippen LogP contribution in [0.15, 0.2) is 30.6 Å². The van der Waals surface area contributed by atoms with E-state index in [1.54, 1.807) is 0 Å². The molecule has 0 aliphatic rings. The molecule has 3 aromatic rings. The molecule has 0 bridgehead atoms. The van der Waals surface area contributed by atoms with Gasteiger partial charge in [-0.05, 0) is 80.1 Å². The predicted octanol–water partition coefficient (Wildman–Crippen LogP) is 0.516. The summed E-state index contributed by atoms with van der Waals surface area (Å²) in [7, 11) is 0. The summed E-state index contributed by atoms with van der Waals surface area (Å²) < 4.78 is 4.43. The number of hydrogen-bond acceptors (Lipinski definition) is 1. The average Bonchev–Trinajstić information content (AvgIpc) is 2.93. The first-order valence-corrected chi connectivity index (χ1v) is 8.59. The largest absolute Gasteiger partial charge is 1.00 e. The topological polar surface area (TPSA) is 29.0 Å². The zero-order valence-electron chi connectivity index (χ0n) is 15.7. The van der Waals surface area contributed by atoms with Gasteiger partial charge in [0.2, 0.25) is 6.33 Å². The van der Waals surface area contributed by atoms with Crippen LogP contribution >= 0.6 is 0 Å². The Bertz CT molecular complexity index is 883. The fourth-order valence-corrected chi connectivity index (χ4v) is 3.64. The maximum atomic E-state index is 9.34. The highest BCUT2D eigenvalue weighted by molar-refractivity contribution is 5.71. The molecule has 2 aromatic carbocycles. The lowest BCUT2D eigenvalue weighted by Gasteiger charge is -2.17. The minimum absolute atomic E-state index is 0. The van der Waals surface area contributed by atoms with Gasteiger partial charge >= 0.3 is 0 Å². The third-order valence-corrected chi connectivity index (χ3v) is 5.60. The van der Waals surface area contributed by atoms with Gasteiger partial charge in [-0.2, -0.15) is 0 Å². The van der Waals surface area contributed by atoms with Crippen LogP contribution in [0, 0.1) is 34.6 Å². The average molecular weight is 359 g/mol. The molecule has 0 aliphatic heterocycles. The van der Waals surface area contributed by atoms with Crippen molar-refractivity contribution in [1.29, 1.82) is 0 Å². The van der Waals surface area contributed by atoms with Gasteiger partial charge in [0, 0.05) is 0 Å². The molecule has 1 N–H and O–H groups in total. The third-order valence-electron chi connectivity index (χ3n) is 5.60. The van der Waals surface area contributed by atoms with Crippen molar-refractivity contribution in [2.24, 2.45) is 0 Å². The second-order valence-corrected chi connectivity index (χ2v) is 6.75. The fraction of sp³-hybridized carbons (Fsp3) is 0.381. The van der Waals surface area contributed by atoms with E-state index in [0.29, 0.717) is 6.54 Å². The van der Waals surface area contributed by atoms with E-state index in [1.807, 2.05) is 0 Å². The second-order valence-electron chi connectivity index (χ2n) is 6.75. The molecule has 0 unspecified atom stereocenters. The molecule has 0 aliphatic carbocycles. The van der Waals surface area contributed by atoms with Crippen LogP contribution in [0.3, 0.4) is 0 Å². The number of aliphatic hydroxyl groups excluding tert-OH is 1. The number of nitrogens with zero attached hydrogens (tertiary/aromatic N) is 2. The third kappa shape index (κ3) is 3.31. The van der Waals surface area contributed by atoms with Gasteiger partial charge in [0.25, 0.3) is 0 Å². The molecule has 134 valence electrons. The molecule has 0 amide bonds. The monoisotopic (exact) mass is 358 g/mol. The summed E-state index contributed by atoms with van der Waals surface area (Å²) in [5.74, 6) is 0. The summed E-state index contributed by atoms with van der Waals surface area (Å²) in [6.07, 6.45) is 2.13. The van der Waals surface area contributed by atoms with Gasteiger partial charge in [-0.3, -0.25) is 0 Å². The Labute approximate surface area is 156 Å². The molecule has 0 saturated carbocycles. The van der Waals surface area contributed by atoms with Crippen LogP contribution in [0.2, 0.25) is 0 Å². The number of imidazole rings is 1. The number of hydrogen-bond donors (Lipinski definition) is 1. The van der Waals surface area contributed by atoms with E-state index in [4.69, 9.17) is 0 Å². The first-order valence-electron chi connectivity index (χ1n) is 8.59. The second kappa shape index (κ2) is 7.59. The Morgan fingerprint density at radius 1 is 0.880 bits per heavy atom. The Morgan fingerprint density at radius 3 is 2.04 bits per heavy atom. The summed E-state index contributed by atoms with van der Waals surface area (Å²) in [6, 6.07) is 8.40. The van der Waals surface area contributed by atoms with Crippen molar-refractivity contribution in [3.63, 3.8) is 0 Å². The van der Waals surface area contributed by atoms with Crippen LogP contribution in [0.25, 0.3) is 11.0 Å². The number of fused-ring (bicyclic) bond motifs is 1. The van der Waals surface area contributed by atoms with Crippen molar-refractivity contribution < 1.29 is 22.1 Å². The molecule has 0 saturated heterocycles. The minimum Gasteiger partial charge on any atom is -1.00 e. The maximum absolute atomic E-state index is 9.34. The van der Waals surface area contributed by atoms with E-state index in [9.17, 15) is 5.11 Å². The van der Waals surface area contributed by atoms with E-state index >= 15 is 0 Å². The fourth-order valence-electron chi connectivity index (χ4n) is 3.64. The minimum atomic E-state index is 0. The molecule has 0 spiro atoms. The normalized spacial score (nSPS) is 11.0. The summed E-state index contributed by atoms with van der Waals surface area (Å²) in [4.78, 5) is 0. The van der Waals surface area contributed by atoms with Gasteiger partial charge < -0.3 is 17.5 Å². The molecule has 4 heteroatoms. The molecule has 25 heavy (non-hydrogen) atoms. The van der Waals surface area contributed by atoms with Crippen molar-refractivity contribution >= 4 is 11.0 Å². The Kier molecular flexibility index (Phi) is 5.91. The van der Waals surface area contributed by atoms with Crippen LogP contribution in [0.4, 0.5) is 0 Å². The molecule has 1 aromatic heterocycles. The highest BCUT2D eigenvalue weighted by Gasteiger charge is 2.19. The van der Waals surface area contributed by atoms with Crippen molar-refractivity contribution in [2.45, 2.75) is 47.7 Å². The van der Waals surface area contributed by atoms with Crippen molar-refractivity contribution in [1.82, 2.24) is 4.57 Å². The first kappa shape index (κ1) is 19.5. The van der Waals surface area contributed by atoms with E-state index in [1.165, 1.54) is 44.4 Å². The number of benzene rings is 2. The lowest BCUT2D eigenvalue weighted by atomic mass is 9.89. The van der Waals surface area contributed by atoms with E-state index in [-0.39, 0.29) is 19.0 Å². The quantitative estimate of drug-likeness (QED) is 0.677. The zero-order chi connectivity index (χ0) is 17.4. The van der Waals surface area contributed by atoms with Gasteiger partial charge in [0.15, 0.2) is 11.0 Å². The van der Waals surface area contributed by atoms with E-state index in [0.717, 1.165) is 6.54 Å². The van der Waals surface area contributed by atoms with Gasteiger partial charge in [0.05, 0.1) is 6.61 Å². The highest BCUT2D eigenvalue weighted by atomic mass is 35.5. The van der Waals surface area contributed by atoms with Crippen LogP contribution in [-0.4, -0.2) is 16.3 Å². The smallest absolute Gasteiger partial charge is 0.245 e. The number of rotatable bonds is 4.